The second-order valence-corrected chi connectivity index (χ2v) is 8.49. The molecule has 1 saturated heterocycles. The van der Waals surface area contributed by atoms with Gasteiger partial charge in [0.05, 0.1) is 6.26 Å². The Hall–Kier alpha value is -1.67. The molecule has 0 aromatic heterocycles. The number of carbonyl (C=O) groups is 1. The smallest absolute Gasteiger partial charge is 0.245 e. The molecule has 0 atom stereocenters. The first-order valence-electron chi connectivity index (χ1n) is 7.92. The fraction of sp³-hybridized carbons (Fsp3) is 0.562. The molecule has 1 aliphatic heterocycles. The molecule has 6 nitrogen and oxygen atoms in total. The highest BCUT2D eigenvalue weighted by Gasteiger charge is 2.43. The molecular formula is C16H24FN3O3S. The van der Waals surface area contributed by atoms with Crippen LogP contribution in [0.15, 0.2) is 24.3 Å². The number of anilines is 1. The van der Waals surface area contributed by atoms with Gasteiger partial charge >= 0.3 is 0 Å². The van der Waals surface area contributed by atoms with E-state index in [1.165, 1.54) is 16.4 Å². The van der Waals surface area contributed by atoms with E-state index in [0.29, 0.717) is 18.5 Å². The van der Waals surface area contributed by atoms with Gasteiger partial charge in [-0.3, -0.25) is 4.79 Å². The topological polar surface area (TPSA) is 78.5 Å². The molecule has 1 aromatic carbocycles. The first-order valence-corrected chi connectivity index (χ1v) is 9.77. The lowest BCUT2D eigenvalue weighted by molar-refractivity contribution is -0.127. The van der Waals surface area contributed by atoms with E-state index < -0.39 is 21.4 Å². The van der Waals surface area contributed by atoms with E-state index in [-0.39, 0.29) is 25.0 Å². The Labute approximate surface area is 142 Å². The van der Waals surface area contributed by atoms with Crippen LogP contribution in [-0.4, -0.2) is 49.6 Å². The van der Waals surface area contributed by atoms with Crippen molar-refractivity contribution < 1.29 is 17.6 Å². The zero-order valence-electron chi connectivity index (χ0n) is 14.2. The Morgan fingerprint density at radius 1 is 1.29 bits per heavy atom. The molecule has 134 valence electrons. The molecule has 1 heterocycles. The van der Waals surface area contributed by atoms with E-state index in [0.717, 1.165) is 6.26 Å². The molecule has 2 rings (SSSR count). The minimum Gasteiger partial charge on any atom is -0.371 e. The van der Waals surface area contributed by atoms with Crippen molar-refractivity contribution in [3.8, 4) is 0 Å². The molecule has 0 saturated carbocycles. The van der Waals surface area contributed by atoms with E-state index in [1.807, 2.05) is 13.8 Å². The number of halogens is 1. The number of piperidine rings is 1. The van der Waals surface area contributed by atoms with Crippen molar-refractivity contribution in [1.29, 1.82) is 0 Å². The molecule has 1 aromatic rings. The highest BCUT2D eigenvalue weighted by molar-refractivity contribution is 7.88. The summed E-state index contributed by atoms with van der Waals surface area (Å²) in [5.41, 5.74) is -0.457. The van der Waals surface area contributed by atoms with E-state index in [9.17, 15) is 17.6 Å². The Morgan fingerprint density at radius 3 is 2.42 bits per heavy atom. The highest BCUT2D eigenvalue weighted by Crippen LogP contribution is 2.29. The minimum atomic E-state index is -3.29. The average Bonchev–Trinajstić information content (AvgIpc) is 2.46. The Morgan fingerprint density at radius 2 is 1.92 bits per heavy atom. The van der Waals surface area contributed by atoms with Gasteiger partial charge in [0.1, 0.15) is 11.4 Å². The molecule has 24 heavy (non-hydrogen) atoms. The summed E-state index contributed by atoms with van der Waals surface area (Å²) < 4.78 is 38.2. The first kappa shape index (κ1) is 18.7. The van der Waals surface area contributed by atoms with Crippen LogP contribution in [0.2, 0.25) is 0 Å². The minimum absolute atomic E-state index is 0.0448. The summed E-state index contributed by atoms with van der Waals surface area (Å²) in [6.45, 7) is 4.21. The van der Waals surface area contributed by atoms with Crippen LogP contribution in [0.5, 0.6) is 0 Å². The Balaban J connectivity index is 2.25. The van der Waals surface area contributed by atoms with Crippen molar-refractivity contribution in [1.82, 2.24) is 9.62 Å². The third-order valence-electron chi connectivity index (χ3n) is 4.11. The second kappa shape index (κ2) is 7.06. The van der Waals surface area contributed by atoms with Crippen LogP contribution in [0, 0.1) is 5.82 Å². The molecular weight excluding hydrogens is 333 g/mol. The standard InChI is InChI=1S/C16H24FN3O3S/c1-12(2)18-15(21)16(19-14-6-4-5-13(17)11-14)7-9-20(10-8-16)24(3,22)23/h4-6,11-12,19H,7-10H2,1-3H3,(H,18,21). The largest absolute Gasteiger partial charge is 0.371 e. The van der Waals surface area contributed by atoms with Crippen LogP contribution >= 0.6 is 0 Å². The number of nitrogens with one attached hydrogen (secondary N) is 2. The maximum atomic E-state index is 13.4. The zero-order chi connectivity index (χ0) is 18.0. The maximum absolute atomic E-state index is 13.4. The predicted octanol–water partition coefficient (Wildman–Crippen LogP) is 1.56. The van der Waals surface area contributed by atoms with Crippen LogP contribution in [-0.2, 0) is 14.8 Å². The van der Waals surface area contributed by atoms with Crippen molar-refractivity contribution >= 4 is 21.6 Å². The predicted molar refractivity (Wildman–Crippen MR) is 91.7 cm³/mol. The fourth-order valence-electron chi connectivity index (χ4n) is 2.85. The molecule has 2 N–H and O–H groups in total. The van der Waals surface area contributed by atoms with Crippen LogP contribution < -0.4 is 10.6 Å². The molecule has 0 radical (unpaired) electrons. The van der Waals surface area contributed by atoms with Crippen LogP contribution in [0.3, 0.4) is 0 Å². The Kier molecular flexibility index (Phi) is 5.49. The Bertz CT molecular complexity index is 698. The van der Waals surface area contributed by atoms with Crippen LogP contribution in [0.4, 0.5) is 10.1 Å². The van der Waals surface area contributed by atoms with E-state index in [2.05, 4.69) is 10.6 Å². The number of nitrogens with zero attached hydrogens (tertiary/aromatic N) is 1. The number of carbonyl (C=O) groups excluding carboxylic acids is 1. The summed E-state index contributed by atoms with van der Waals surface area (Å²) in [6.07, 6.45) is 1.79. The van der Waals surface area contributed by atoms with Crippen LogP contribution in [0.25, 0.3) is 0 Å². The van der Waals surface area contributed by atoms with Gasteiger partial charge in [-0.2, -0.15) is 0 Å². The summed E-state index contributed by atoms with van der Waals surface area (Å²) in [7, 11) is -3.29. The summed E-state index contributed by atoms with van der Waals surface area (Å²) in [5.74, 6) is -0.595. The number of rotatable bonds is 5. The second-order valence-electron chi connectivity index (χ2n) is 6.51. The van der Waals surface area contributed by atoms with Crippen molar-refractivity contribution in [2.75, 3.05) is 24.7 Å². The summed E-state index contributed by atoms with van der Waals surface area (Å²) in [5, 5.41) is 6.02. The number of sulfonamides is 1. The number of hydrogen-bond donors (Lipinski definition) is 2. The molecule has 8 heteroatoms. The van der Waals surface area contributed by atoms with Gasteiger partial charge in [-0.1, -0.05) is 6.07 Å². The van der Waals surface area contributed by atoms with Crippen LogP contribution in [0.1, 0.15) is 26.7 Å². The van der Waals surface area contributed by atoms with Gasteiger partial charge in [0, 0.05) is 24.8 Å². The van der Waals surface area contributed by atoms with E-state index in [1.54, 1.807) is 12.1 Å². The summed E-state index contributed by atoms with van der Waals surface area (Å²) in [4.78, 5) is 12.7. The SMILES string of the molecule is CC(C)NC(=O)C1(Nc2cccc(F)c2)CCN(S(C)(=O)=O)CC1. The molecule has 1 aliphatic rings. The third kappa shape index (κ3) is 4.45. The maximum Gasteiger partial charge on any atom is 0.245 e. The number of amides is 1. The molecule has 0 unspecified atom stereocenters. The number of hydrogen-bond acceptors (Lipinski definition) is 4. The first-order chi connectivity index (χ1) is 11.1. The molecule has 0 aliphatic carbocycles. The normalized spacial score (nSPS) is 18.4. The molecule has 1 amide bonds. The lowest BCUT2D eigenvalue weighted by Crippen LogP contribution is -2.59. The molecule has 0 bridgehead atoms. The van der Waals surface area contributed by atoms with Gasteiger partial charge in [-0.15, -0.1) is 0 Å². The highest BCUT2D eigenvalue weighted by atomic mass is 32.2. The number of benzene rings is 1. The van der Waals surface area contributed by atoms with Crippen molar-refractivity contribution in [2.45, 2.75) is 38.3 Å². The van der Waals surface area contributed by atoms with Gasteiger partial charge in [0.15, 0.2) is 0 Å². The van der Waals surface area contributed by atoms with Crippen molar-refractivity contribution in [3.05, 3.63) is 30.1 Å². The third-order valence-corrected chi connectivity index (χ3v) is 5.41. The van der Waals surface area contributed by atoms with Gasteiger partial charge in [0.2, 0.25) is 15.9 Å². The summed E-state index contributed by atoms with van der Waals surface area (Å²) >= 11 is 0. The van der Waals surface area contributed by atoms with Crippen molar-refractivity contribution in [2.24, 2.45) is 0 Å². The van der Waals surface area contributed by atoms with Gasteiger partial charge in [-0.25, -0.2) is 17.1 Å². The van der Waals surface area contributed by atoms with Gasteiger partial charge < -0.3 is 10.6 Å². The van der Waals surface area contributed by atoms with E-state index >= 15 is 0 Å². The van der Waals surface area contributed by atoms with Gasteiger partial charge in [-0.05, 0) is 44.9 Å². The lowest BCUT2D eigenvalue weighted by Gasteiger charge is -2.41. The van der Waals surface area contributed by atoms with Crippen molar-refractivity contribution in [3.63, 3.8) is 0 Å². The quantitative estimate of drug-likeness (QED) is 0.838. The average molecular weight is 357 g/mol. The zero-order valence-corrected chi connectivity index (χ0v) is 15.0. The molecule has 0 spiro atoms. The molecule has 1 fully saturated rings. The van der Waals surface area contributed by atoms with Gasteiger partial charge in [0.25, 0.3) is 0 Å². The lowest BCUT2D eigenvalue weighted by atomic mass is 9.86. The van der Waals surface area contributed by atoms with E-state index in [4.69, 9.17) is 0 Å². The fourth-order valence-corrected chi connectivity index (χ4v) is 3.70. The monoisotopic (exact) mass is 357 g/mol. The summed E-state index contributed by atoms with van der Waals surface area (Å²) in [6, 6.07) is 5.87.